The molecule has 0 saturated heterocycles. The number of nitrogens with one attached hydrogen (secondary N) is 2. The molecule has 31 heavy (non-hydrogen) atoms. The van der Waals surface area contributed by atoms with Gasteiger partial charge in [-0.15, -0.1) is 11.3 Å². The fraction of sp³-hybridized carbons (Fsp3) is 0.304. The van der Waals surface area contributed by atoms with E-state index in [1.54, 1.807) is 11.3 Å². The number of amides is 1. The normalized spacial score (nSPS) is 11.7. The van der Waals surface area contributed by atoms with Crippen LogP contribution in [0, 0.1) is 0 Å². The summed E-state index contributed by atoms with van der Waals surface area (Å²) in [5, 5.41) is 3.73. The average Bonchev–Trinajstić information content (AvgIpc) is 3.27. The maximum atomic E-state index is 11.9. The van der Waals surface area contributed by atoms with Gasteiger partial charge in [0.05, 0.1) is 0 Å². The fourth-order valence-corrected chi connectivity index (χ4v) is 3.99. The van der Waals surface area contributed by atoms with Crippen LogP contribution in [0.2, 0.25) is 0 Å². The van der Waals surface area contributed by atoms with E-state index < -0.39 is 6.09 Å². The molecule has 0 aliphatic rings. The number of rotatable bonds is 11. The second kappa shape index (κ2) is 12.3. The summed E-state index contributed by atoms with van der Waals surface area (Å²) in [4.78, 5) is 20.0. The molecule has 164 valence electrons. The lowest BCUT2D eigenvalue weighted by atomic mass is 10.2. The molecule has 0 aliphatic heterocycles. The Hall–Kier alpha value is -2.61. The van der Waals surface area contributed by atoms with Crippen LogP contribution >= 0.6 is 23.1 Å². The Bertz CT molecular complexity index is 935. The molecule has 2 aromatic carbocycles. The van der Waals surface area contributed by atoms with Crippen LogP contribution in [0.5, 0.6) is 5.75 Å². The van der Waals surface area contributed by atoms with E-state index in [0.29, 0.717) is 19.5 Å². The number of nitrogens with zero attached hydrogens (tertiary/aromatic N) is 1. The third kappa shape index (κ3) is 7.54. The van der Waals surface area contributed by atoms with Crippen molar-refractivity contribution in [2.24, 2.45) is 0 Å². The van der Waals surface area contributed by atoms with Crippen LogP contribution in [-0.4, -0.2) is 23.7 Å². The number of thiazole rings is 1. The van der Waals surface area contributed by atoms with Gasteiger partial charge in [0.15, 0.2) is 0 Å². The summed E-state index contributed by atoms with van der Waals surface area (Å²) >= 11 is 7.15. The molecule has 0 aliphatic carbocycles. The molecule has 1 amide bonds. The smallest absolute Gasteiger partial charge is 0.407 e. The van der Waals surface area contributed by atoms with Gasteiger partial charge in [-0.05, 0) is 48.0 Å². The van der Waals surface area contributed by atoms with E-state index in [2.05, 4.69) is 22.1 Å². The molecule has 3 aromatic rings. The molecule has 3 rings (SSSR count). The number of halogens is 1. The van der Waals surface area contributed by atoms with E-state index in [4.69, 9.17) is 21.3 Å². The molecule has 6 nitrogen and oxygen atoms in total. The highest BCUT2D eigenvalue weighted by Gasteiger charge is 2.11. The van der Waals surface area contributed by atoms with E-state index in [9.17, 15) is 4.79 Å². The molecular weight excluding hydrogens is 434 g/mol. The Morgan fingerprint density at radius 1 is 1.16 bits per heavy atom. The van der Waals surface area contributed by atoms with Gasteiger partial charge in [0.1, 0.15) is 23.5 Å². The maximum Gasteiger partial charge on any atom is 0.407 e. The van der Waals surface area contributed by atoms with E-state index in [1.165, 1.54) is 0 Å². The zero-order valence-electron chi connectivity index (χ0n) is 17.3. The molecule has 2 N–H and O–H groups in total. The second-order valence-electron chi connectivity index (χ2n) is 6.89. The number of alkyl carbamates (subject to hydrolysis) is 1. The topological polar surface area (TPSA) is 72.5 Å². The van der Waals surface area contributed by atoms with Crippen LogP contribution in [0.4, 0.5) is 4.79 Å². The SMILES string of the molecule is CC[C@H](CCNC(=O)OCc1ccccc1)Oc1ccc(-c2ncc(CNCl)s2)cc1. The zero-order valence-corrected chi connectivity index (χ0v) is 18.9. The van der Waals surface area contributed by atoms with Crippen LogP contribution in [0.3, 0.4) is 0 Å². The van der Waals surface area contributed by atoms with Crippen molar-refractivity contribution in [1.82, 2.24) is 15.1 Å². The second-order valence-corrected chi connectivity index (χ2v) is 8.27. The van der Waals surface area contributed by atoms with Gasteiger partial charge in [0, 0.05) is 36.1 Å². The first-order valence-electron chi connectivity index (χ1n) is 10.2. The molecule has 1 atom stereocenters. The van der Waals surface area contributed by atoms with Crippen LogP contribution in [0.1, 0.15) is 30.2 Å². The lowest BCUT2D eigenvalue weighted by Crippen LogP contribution is -2.29. The Kier molecular flexibility index (Phi) is 9.15. The van der Waals surface area contributed by atoms with Crippen molar-refractivity contribution in [1.29, 1.82) is 0 Å². The van der Waals surface area contributed by atoms with Gasteiger partial charge in [-0.1, -0.05) is 37.3 Å². The van der Waals surface area contributed by atoms with Crippen LogP contribution in [-0.2, 0) is 17.9 Å². The minimum atomic E-state index is -0.421. The standard InChI is InChI=1S/C23H26ClN3O3S/c1-2-19(12-13-25-23(28)29-16-17-6-4-3-5-7-17)30-20-10-8-18(9-11-20)22-26-14-21(31-22)15-27-24/h3-11,14,19,27H,2,12-13,15-16H2,1H3,(H,25,28)/t19-/m1/s1. The van der Waals surface area contributed by atoms with E-state index in [1.807, 2.05) is 60.8 Å². The van der Waals surface area contributed by atoms with E-state index >= 15 is 0 Å². The van der Waals surface area contributed by atoms with Crippen molar-refractivity contribution in [2.75, 3.05) is 6.54 Å². The summed E-state index contributed by atoms with van der Waals surface area (Å²) in [5.74, 6) is 0.793. The fourth-order valence-electron chi connectivity index (χ4n) is 2.91. The van der Waals surface area contributed by atoms with Gasteiger partial charge >= 0.3 is 6.09 Å². The van der Waals surface area contributed by atoms with Crippen molar-refractivity contribution in [2.45, 2.75) is 39.0 Å². The largest absolute Gasteiger partial charge is 0.490 e. The van der Waals surface area contributed by atoms with Gasteiger partial charge in [-0.3, -0.25) is 0 Å². The minimum absolute atomic E-state index is 0.00142. The molecule has 0 fully saturated rings. The van der Waals surface area contributed by atoms with E-state index in [0.717, 1.165) is 33.2 Å². The lowest BCUT2D eigenvalue weighted by Gasteiger charge is -2.18. The highest BCUT2D eigenvalue weighted by atomic mass is 35.5. The number of benzene rings is 2. The summed E-state index contributed by atoms with van der Waals surface area (Å²) in [6.07, 6.45) is 2.94. The average molecular weight is 460 g/mol. The van der Waals surface area contributed by atoms with Gasteiger partial charge in [0.25, 0.3) is 0 Å². The number of carbonyl (C=O) groups is 1. The minimum Gasteiger partial charge on any atom is -0.490 e. The molecule has 0 unspecified atom stereocenters. The molecule has 0 spiro atoms. The predicted octanol–water partition coefficient (Wildman–Crippen LogP) is 5.53. The summed E-state index contributed by atoms with van der Waals surface area (Å²) in [7, 11) is 0. The zero-order chi connectivity index (χ0) is 21.9. The van der Waals surface area contributed by atoms with Gasteiger partial charge < -0.3 is 14.8 Å². The molecule has 0 saturated carbocycles. The lowest BCUT2D eigenvalue weighted by molar-refractivity contribution is 0.136. The summed E-state index contributed by atoms with van der Waals surface area (Å²) in [6.45, 7) is 3.40. The first-order valence-corrected chi connectivity index (χ1v) is 11.4. The summed E-state index contributed by atoms with van der Waals surface area (Å²) in [6, 6.07) is 17.5. The first kappa shape index (κ1) is 23.1. The van der Waals surface area contributed by atoms with E-state index in [-0.39, 0.29) is 12.7 Å². The first-order chi connectivity index (χ1) is 15.2. The number of hydrogen-bond donors (Lipinski definition) is 2. The molecule has 0 bridgehead atoms. The van der Waals surface area contributed by atoms with Crippen LogP contribution in [0.15, 0.2) is 60.8 Å². The highest BCUT2D eigenvalue weighted by molar-refractivity contribution is 7.15. The molecule has 1 aromatic heterocycles. The number of ether oxygens (including phenoxy) is 2. The third-order valence-electron chi connectivity index (χ3n) is 4.60. The Labute approximate surface area is 191 Å². The van der Waals surface area contributed by atoms with Gasteiger partial charge in [-0.25, -0.2) is 14.6 Å². The number of hydrogen-bond acceptors (Lipinski definition) is 6. The predicted molar refractivity (Wildman–Crippen MR) is 124 cm³/mol. The Morgan fingerprint density at radius 3 is 2.65 bits per heavy atom. The quantitative estimate of drug-likeness (QED) is 0.369. The van der Waals surface area contributed by atoms with Gasteiger partial charge in [-0.2, -0.15) is 0 Å². The van der Waals surface area contributed by atoms with Crippen molar-refractivity contribution in [3.05, 3.63) is 71.2 Å². The van der Waals surface area contributed by atoms with Crippen molar-refractivity contribution in [3.8, 4) is 16.3 Å². The van der Waals surface area contributed by atoms with Crippen molar-refractivity contribution >= 4 is 29.2 Å². The van der Waals surface area contributed by atoms with Crippen LogP contribution < -0.4 is 14.9 Å². The Balaban J connectivity index is 1.42. The van der Waals surface area contributed by atoms with Crippen LogP contribution in [0.25, 0.3) is 10.6 Å². The van der Waals surface area contributed by atoms with Gasteiger partial charge in [0.2, 0.25) is 0 Å². The van der Waals surface area contributed by atoms with Crippen molar-refractivity contribution < 1.29 is 14.3 Å². The monoisotopic (exact) mass is 459 g/mol. The molecule has 8 heteroatoms. The number of aromatic nitrogens is 1. The Morgan fingerprint density at radius 2 is 1.94 bits per heavy atom. The molecule has 0 radical (unpaired) electrons. The van der Waals surface area contributed by atoms with Crippen molar-refractivity contribution in [3.63, 3.8) is 0 Å². The summed E-state index contributed by atoms with van der Waals surface area (Å²) in [5.41, 5.74) is 2.00. The molecular formula is C23H26ClN3O3S. The highest BCUT2D eigenvalue weighted by Crippen LogP contribution is 2.27. The summed E-state index contributed by atoms with van der Waals surface area (Å²) < 4.78 is 11.3. The molecule has 1 heterocycles. The third-order valence-corrected chi connectivity index (χ3v) is 5.78. The number of carbonyl (C=O) groups excluding carboxylic acids is 1. The maximum absolute atomic E-state index is 11.9.